The average Bonchev–Trinajstić information content (AvgIpc) is 2.92. The molecule has 3 aromatic rings. The number of benzene rings is 1. The first-order valence-corrected chi connectivity index (χ1v) is 7.62. The summed E-state index contributed by atoms with van der Waals surface area (Å²) in [4.78, 5) is 8.53. The summed E-state index contributed by atoms with van der Waals surface area (Å²) in [6.07, 6.45) is 3.50. The Bertz CT molecular complexity index is 758. The summed E-state index contributed by atoms with van der Waals surface area (Å²) >= 11 is 1.56. The molecule has 0 aliphatic carbocycles. The monoisotopic (exact) mass is 301 g/mol. The van der Waals surface area contributed by atoms with Gasteiger partial charge in [0.1, 0.15) is 17.2 Å². The van der Waals surface area contributed by atoms with Crippen LogP contribution in [0.15, 0.2) is 35.6 Å². The van der Waals surface area contributed by atoms with Crippen molar-refractivity contribution in [3.63, 3.8) is 0 Å². The third-order valence-corrected chi connectivity index (χ3v) is 3.70. The van der Waals surface area contributed by atoms with Crippen molar-refractivity contribution in [3.05, 3.63) is 36.2 Å². The molecule has 0 saturated heterocycles. The highest BCUT2D eigenvalue weighted by molar-refractivity contribution is 7.98. The molecule has 0 spiro atoms. The molecule has 108 valence electrons. The minimum atomic E-state index is 0.580. The van der Waals surface area contributed by atoms with Crippen LogP contribution in [0.2, 0.25) is 0 Å². The second kappa shape index (κ2) is 6.11. The van der Waals surface area contributed by atoms with Gasteiger partial charge in [-0.25, -0.2) is 9.97 Å². The summed E-state index contributed by atoms with van der Waals surface area (Å²) < 4.78 is 5.16. The first-order chi connectivity index (χ1) is 10.3. The van der Waals surface area contributed by atoms with Gasteiger partial charge in [-0.2, -0.15) is 5.10 Å². The lowest BCUT2D eigenvalue weighted by atomic mass is 10.2. The zero-order valence-corrected chi connectivity index (χ0v) is 12.6. The van der Waals surface area contributed by atoms with Crippen molar-refractivity contribution in [2.24, 2.45) is 0 Å². The molecule has 0 aliphatic rings. The van der Waals surface area contributed by atoms with Gasteiger partial charge in [0, 0.05) is 12.8 Å². The number of ether oxygens (including phenoxy) is 1. The first-order valence-electron chi connectivity index (χ1n) is 6.40. The first kappa shape index (κ1) is 13.8. The molecule has 6 nitrogen and oxygen atoms in total. The number of methoxy groups -OCH3 is 1. The number of anilines is 2. The van der Waals surface area contributed by atoms with E-state index in [2.05, 4.69) is 25.5 Å². The van der Waals surface area contributed by atoms with E-state index < -0.39 is 0 Å². The molecule has 7 heteroatoms. The molecule has 1 aromatic carbocycles. The van der Waals surface area contributed by atoms with Crippen molar-refractivity contribution >= 4 is 34.3 Å². The van der Waals surface area contributed by atoms with Crippen molar-refractivity contribution < 1.29 is 4.74 Å². The van der Waals surface area contributed by atoms with Gasteiger partial charge >= 0.3 is 0 Å². The minimum Gasteiger partial charge on any atom is -0.380 e. The van der Waals surface area contributed by atoms with E-state index in [4.69, 9.17) is 4.74 Å². The highest BCUT2D eigenvalue weighted by Gasteiger charge is 2.12. The van der Waals surface area contributed by atoms with Gasteiger partial charge in [0.25, 0.3) is 0 Å². The van der Waals surface area contributed by atoms with E-state index >= 15 is 0 Å². The average molecular weight is 301 g/mol. The van der Waals surface area contributed by atoms with E-state index in [1.165, 1.54) is 6.33 Å². The fourth-order valence-electron chi connectivity index (χ4n) is 2.12. The van der Waals surface area contributed by atoms with Crippen LogP contribution < -0.4 is 5.32 Å². The molecule has 2 aromatic heterocycles. The number of hydrogen-bond donors (Lipinski definition) is 2. The van der Waals surface area contributed by atoms with Crippen molar-refractivity contribution in [3.8, 4) is 0 Å². The van der Waals surface area contributed by atoms with Gasteiger partial charge in [-0.3, -0.25) is 5.10 Å². The molecule has 0 radical (unpaired) electrons. The number of aromatic amines is 1. The largest absolute Gasteiger partial charge is 0.380 e. The van der Waals surface area contributed by atoms with Crippen molar-refractivity contribution in [2.75, 3.05) is 18.7 Å². The number of H-pyrrole nitrogens is 1. The third kappa shape index (κ3) is 2.84. The molecule has 0 bridgehead atoms. The Labute approximate surface area is 126 Å². The second-order valence-electron chi connectivity index (χ2n) is 4.44. The van der Waals surface area contributed by atoms with Gasteiger partial charge in [-0.15, -0.1) is 11.8 Å². The lowest BCUT2D eigenvalue weighted by molar-refractivity contribution is 0.185. The summed E-state index contributed by atoms with van der Waals surface area (Å²) in [5, 5.41) is 12.3. The molecule has 21 heavy (non-hydrogen) atoms. The lowest BCUT2D eigenvalue weighted by Gasteiger charge is -2.08. The fourth-order valence-corrected chi connectivity index (χ4v) is 2.65. The molecule has 2 heterocycles. The van der Waals surface area contributed by atoms with Crippen LogP contribution in [0.5, 0.6) is 0 Å². The summed E-state index contributed by atoms with van der Waals surface area (Å²) in [5.41, 5.74) is 2.78. The van der Waals surface area contributed by atoms with Gasteiger partial charge in [0.2, 0.25) is 0 Å². The number of thioether (sulfide) groups is 1. The van der Waals surface area contributed by atoms with Crippen LogP contribution in [0, 0.1) is 0 Å². The predicted octanol–water partition coefficient (Wildman–Crippen LogP) is 2.96. The van der Waals surface area contributed by atoms with Crippen LogP contribution in [0.1, 0.15) is 5.56 Å². The normalized spacial score (nSPS) is 11.0. The Morgan fingerprint density at radius 2 is 2.24 bits per heavy atom. The van der Waals surface area contributed by atoms with E-state index in [0.29, 0.717) is 6.61 Å². The van der Waals surface area contributed by atoms with E-state index in [1.807, 2.05) is 30.5 Å². The molecule has 3 rings (SSSR count). The number of nitrogens with zero attached hydrogens (tertiary/aromatic N) is 3. The van der Waals surface area contributed by atoms with Crippen LogP contribution in [0.4, 0.5) is 11.5 Å². The number of rotatable bonds is 5. The van der Waals surface area contributed by atoms with E-state index in [9.17, 15) is 0 Å². The Balaban J connectivity index is 1.98. The summed E-state index contributed by atoms with van der Waals surface area (Å²) in [5.74, 6) is 0.743. The van der Waals surface area contributed by atoms with Crippen LogP contribution in [-0.2, 0) is 11.3 Å². The number of fused-ring (bicyclic) bond motifs is 1. The Hall–Kier alpha value is -2.12. The maximum atomic E-state index is 5.16. The third-order valence-electron chi connectivity index (χ3n) is 3.02. The number of aromatic nitrogens is 4. The van der Waals surface area contributed by atoms with Crippen LogP contribution in [-0.4, -0.2) is 33.5 Å². The maximum absolute atomic E-state index is 5.16. The molecular formula is C14H15N5OS. The molecule has 0 fully saturated rings. The maximum Gasteiger partial charge on any atom is 0.161 e. The molecule has 2 N–H and O–H groups in total. The van der Waals surface area contributed by atoms with Gasteiger partial charge in [0.05, 0.1) is 12.0 Å². The van der Waals surface area contributed by atoms with Crippen LogP contribution in [0.3, 0.4) is 0 Å². The number of hydrogen-bond acceptors (Lipinski definition) is 6. The SMILES string of the molecule is COCc1cccc(Nc2ncnc3[nH]nc(SC)c23)c1. The smallest absolute Gasteiger partial charge is 0.161 e. The number of nitrogens with one attached hydrogen (secondary N) is 2. The Morgan fingerprint density at radius 1 is 1.33 bits per heavy atom. The van der Waals surface area contributed by atoms with E-state index in [1.54, 1.807) is 18.9 Å². The zero-order chi connectivity index (χ0) is 14.7. The van der Waals surface area contributed by atoms with Gasteiger partial charge < -0.3 is 10.1 Å². The van der Waals surface area contributed by atoms with Crippen molar-refractivity contribution in [1.82, 2.24) is 20.2 Å². The molecular weight excluding hydrogens is 286 g/mol. The topological polar surface area (TPSA) is 75.7 Å². The zero-order valence-electron chi connectivity index (χ0n) is 11.8. The predicted molar refractivity (Wildman–Crippen MR) is 83.9 cm³/mol. The van der Waals surface area contributed by atoms with Crippen molar-refractivity contribution in [2.45, 2.75) is 11.6 Å². The van der Waals surface area contributed by atoms with Crippen LogP contribution >= 0.6 is 11.8 Å². The standard InChI is InChI=1S/C14H15N5OS/c1-20-7-9-4-3-5-10(6-9)17-12-11-13(16-8-15-12)18-19-14(11)21-2/h3-6,8H,7H2,1-2H3,(H2,15,16,17,18,19). The highest BCUT2D eigenvalue weighted by Crippen LogP contribution is 2.29. The quantitative estimate of drug-likeness (QED) is 0.706. The minimum absolute atomic E-state index is 0.580. The molecule has 0 saturated carbocycles. The fraction of sp³-hybridized carbons (Fsp3) is 0.214. The summed E-state index contributed by atoms with van der Waals surface area (Å²) in [7, 11) is 1.68. The van der Waals surface area contributed by atoms with Crippen LogP contribution in [0.25, 0.3) is 11.0 Å². The second-order valence-corrected chi connectivity index (χ2v) is 5.23. The molecule has 0 aliphatic heterocycles. The molecule has 0 atom stereocenters. The Kier molecular flexibility index (Phi) is 4.03. The summed E-state index contributed by atoms with van der Waals surface area (Å²) in [6.45, 7) is 0.580. The van der Waals surface area contributed by atoms with Gasteiger partial charge in [-0.05, 0) is 24.0 Å². The van der Waals surface area contributed by atoms with Crippen molar-refractivity contribution in [1.29, 1.82) is 0 Å². The molecule has 0 unspecified atom stereocenters. The molecule has 0 amide bonds. The lowest BCUT2D eigenvalue weighted by Crippen LogP contribution is -1.97. The van der Waals surface area contributed by atoms with E-state index in [-0.39, 0.29) is 0 Å². The highest BCUT2D eigenvalue weighted by atomic mass is 32.2. The Morgan fingerprint density at radius 3 is 3.05 bits per heavy atom. The van der Waals surface area contributed by atoms with Gasteiger partial charge in [-0.1, -0.05) is 12.1 Å². The summed E-state index contributed by atoms with van der Waals surface area (Å²) in [6, 6.07) is 8.04. The van der Waals surface area contributed by atoms with E-state index in [0.717, 1.165) is 33.1 Å². The van der Waals surface area contributed by atoms with Gasteiger partial charge in [0.15, 0.2) is 5.65 Å².